The summed E-state index contributed by atoms with van der Waals surface area (Å²) < 4.78 is 2.43. The zero-order valence-corrected chi connectivity index (χ0v) is 32.2. The van der Waals surface area contributed by atoms with E-state index >= 15 is 0 Å². The smallest absolute Gasteiger partial charge is 0.0541 e. The molecule has 0 N–H and O–H groups in total. The molecular weight excluding hydrogens is 677 g/mol. The number of benzene rings is 8. The lowest BCUT2D eigenvalue weighted by Crippen LogP contribution is -2.17. The fraction of sp³-hybridized carbons (Fsp3) is 0.111. The highest BCUT2D eigenvalue weighted by Crippen LogP contribution is 2.52. The van der Waals surface area contributed by atoms with Gasteiger partial charge in [-0.1, -0.05) is 143 Å². The first-order valence-corrected chi connectivity index (χ1v) is 19.8. The van der Waals surface area contributed by atoms with Crippen molar-refractivity contribution >= 4 is 38.9 Å². The number of para-hydroxylation sites is 3. The average molecular weight is 719 g/mol. The number of fused-ring (bicyclic) bond motifs is 9. The van der Waals surface area contributed by atoms with Crippen molar-refractivity contribution in [1.29, 1.82) is 0 Å². The van der Waals surface area contributed by atoms with Gasteiger partial charge in [-0.15, -0.1) is 0 Å². The first-order chi connectivity index (χ1) is 27.3. The Bertz CT molecular complexity index is 2960. The van der Waals surface area contributed by atoms with E-state index in [2.05, 4.69) is 219 Å². The molecule has 0 bridgehead atoms. The Morgan fingerprint density at radius 3 is 1.61 bits per heavy atom. The number of hydrogen-bond acceptors (Lipinski definition) is 1. The maximum atomic E-state index is 2.43. The number of rotatable bonds is 5. The molecule has 0 atom stereocenters. The monoisotopic (exact) mass is 718 g/mol. The lowest BCUT2D eigenvalue weighted by molar-refractivity contribution is 0.660. The summed E-state index contributed by atoms with van der Waals surface area (Å²) in [4.78, 5) is 2.40. The second-order valence-corrected chi connectivity index (χ2v) is 16.6. The van der Waals surface area contributed by atoms with Crippen molar-refractivity contribution in [2.45, 2.75) is 38.5 Å². The molecule has 2 aliphatic rings. The topological polar surface area (TPSA) is 8.17 Å². The molecule has 0 amide bonds. The van der Waals surface area contributed by atoms with E-state index in [0.717, 1.165) is 17.1 Å². The molecule has 0 radical (unpaired) electrons. The van der Waals surface area contributed by atoms with E-state index in [1.54, 1.807) is 0 Å². The summed E-state index contributed by atoms with van der Waals surface area (Å²) in [7, 11) is 0. The van der Waals surface area contributed by atoms with E-state index in [4.69, 9.17) is 0 Å². The lowest BCUT2D eigenvalue weighted by atomic mass is 9.82. The van der Waals surface area contributed by atoms with Gasteiger partial charge in [0.25, 0.3) is 0 Å². The van der Waals surface area contributed by atoms with Crippen LogP contribution in [-0.2, 0) is 10.8 Å². The Kier molecular flexibility index (Phi) is 6.98. The van der Waals surface area contributed by atoms with Crippen LogP contribution in [0, 0.1) is 0 Å². The maximum absolute atomic E-state index is 2.43. The molecule has 2 nitrogen and oxygen atoms in total. The fourth-order valence-electron chi connectivity index (χ4n) is 9.92. The summed E-state index contributed by atoms with van der Waals surface area (Å²) in [5.41, 5.74) is 20.2. The van der Waals surface area contributed by atoms with E-state index in [1.807, 2.05) is 0 Å². The van der Waals surface area contributed by atoms with Crippen LogP contribution in [0.5, 0.6) is 0 Å². The zero-order valence-electron chi connectivity index (χ0n) is 32.2. The Hall–Kier alpha value is -6.64. The van der Waals surface area contributed by atoms with Crippen LogP contribution in [0.2, 0.25) is 0 Å². The molecule has 0 unspecified atom stereocenters. The molecule has 0 saturated heterocycles. The van der Waals surface area contributed by atoms with Gasteiger partial charge in [0, 0.05) is 44.4 Å². The van der Waals surface area contributed by atoms with Crippen molar-refractivity contribution < 1.29 is 0 Å². The van der Waals surface area contributed by atoms with Gasteiger partial charge in [-0.05, 0) is 122 Å². The van der Waals surface area contributed by atoms with E-state index < -0.39 is 0 Å². The van der Waals surface area contributed by atoms with E-state index in [-0.39, 0.29) is 10.8 Å². The molecule has 0 spiro atoms. The highest BCUT2D eigenvalue weighted by Gasteiger charge is 2.37. The maximum Gasteiger partial charge on any atom is 0.0541 e. The predicted octanol–water partition coefficient (Wildman–Crippen LogP) is 14.5. The van der Waals surface area contributed by atoms with Crippen LogP contribution in [0.1, 0.15) is 49.9 Å². The Labute approximate surface area is 328 Å². The molecule has 0 aliphatic heterocycles. The number of aromatic nitrogens is 1. The van der Waals surface area contributed by atoms with Crippen molar-refractivity contribution in [2.75, 3.05) is 4.90 Å². The molecule has 1 heterocycles. The van der Waals surface area contributed by atoms with Crippen LogP contribution in [0.3, 0.4) is 0 Å². The minimum absolute atomic E-state index is 0.00490. The highest BCUT2D eigenvalue weighted by atomic mass is 15.1. The van der Waals surface area contributed by atoms with E-state index in [0.29, 0.717) is 0 Å². The lowest BCUT2D eigenvalue weighted by Gasteiger charge is -2.28. The Morgan fingerprint density at radius 1 is 0.357 bits per heavy atom. The molecule has 11 rings (SSSR count). The molecule has 0 saturated carbocycles. The Morgan fingerprint density at radius 2 is 0.875 bits per heavy atom. The second-order valence-electron chi connectivity index (χ2n) is 16.6. The normalized spacial score (nSPS) is 14.4. The Balaban J connectivity index is 0.977. The first-order valence-electron chi connectivity index (χ1n) is 19.8. The van der Waals surface area contributed by atoms with Crippen molar-refractivity contribution in [3.05, 3.63) is 204 Å². The van der Waals surface area contributed by atoms with Crippen molar-refractivity contribution in [2.24, 2.45) is 0 Å². The summed E-state index contributed by atoms with van der Waals surface area (Å²) in [6.07, 6.45) is 0. The van der Waals surface area contributed by atoms with Gasteiger partial charge in [-0.3, -0.25) is 0 Å². The van der Waals surface area contributed by atoms with Crippen LogP contribution < -0.4 is 4.90 Å². The van der Waals surface area contributed by atoms with Gasteiger partial charge in [0.1, 0.15) is 0 Å². The molecule has 0 fully saturated rings. The molecule has 2 heteroatoms. The van der Waals surface area contributed by atoms with Crippen LogP contribution in [0.25, 0.3) is 60.9 Å². The van der Waals surface area contributed by atoms with Crippen LogP contribution in [-0.4, -0.2) is 4.57 Å². The summed E-state index contributed by atoms with van der Waals surface area (Å²) >= 11 is 0. The van der Waals surface area contributed by atoms with Gasteiger partial charge >= 0.3 is 0 Å². The van der Waals surface area contributed by atoms with Gasteiger partial charge in [0.05, 0.1) is 11.0 Å². The number of nitrogens with zero attached hydrogens (tertiary/aromatic N) is 2. The summed E-state index contributed by atoms with van der Waals surface area (Å²) in [6.45, 7) is 9.45. The van der Waals surface area contributed by atoms with Crippen LogP contribution in [0.4, 0.5) is 17.1 Å². The average Bonchev–Trinajstić information content (AvgIpc) is 3.78. The molecule has 1 aromatic heterocycles. The number of anilines is 3. The third-order valence-electron chi connectivity index (χ3n) is 12.8. The third kappa shape index (κ3) is 4.69. The van der Waals surface area contributed by atoms with E-state index in [9.17, 15) is 0 Å². The fourth-order valence-corrected chi connectivity index (χ4v) is 9.92. The highest BCUT2D eigenvalue weighted by molar-refractivity contribution is 6.09. The summed E-state index contributed by atoms with van der Waals surface area (Å²) in [5.74, 6) is 0. The minimum atomic E-state index is -0.192. The molecule has 56 heavy (non-hydrogen) atoms. The minimum Gasteiger partial charge on any atom is -0.310 e. The van der Waals surface area contributed by atoms with Gasteiger partial charge in [0.2, 0.25) is 0 Å². The summed E-state index contributed by atoms with van der Waals surface area (Å²) in [5, 5.41) is 2.57. The third-order valence-corrected chi connectivity index (χ3v) is 12.8. The van der Waals surface area contributed by atoms with Crippen molar-refractivity contribution in [3.63, 3.8) is 0 Å². The van der Waals surface area contributed by atoms with Crippen LogP contribution in [0.15, 0.2) is 182 Å². The SMILES string of the molecule is CC1(C)c2ccccc2-c2cc(-c3ccc(N(c4ccccc4)c4ccc5c(c4)C(C)(C)c4cc(-n6c7ccccc7c7ccccc76)ccc4-5)cc3)ccc21. The second kappa shape index (κ2) is 11.9. The largest absolute Gasteiger partial charge is 0.310 e. The molecule has 8 aromatic carbocycles. The molecule has 268 valence electrons. The zero-order chi connectivity index (χ0) is 37.8. The van der Waals surface area contributed by atoms with Gasteiger partial charge in [-0.25, -0.2) is 0 Å². The van der Waals surface area contributed by atoms with Crippen molar-refractivity contribution in [3.8, 4) is 39.1 Å². The number of hydrogen-bond donors (Lipinski definition) is 0. The molecule has 9 aromatic rings. The van der Waals surface area contributed by atoms with Gasteiger partial charge < -0.3 is 9.47 Å². The van der Waals surface area contributed by atoms with E-state index in [1.165, 1.54) is 83.1 Å². The van der Waals surface area contributed by atoms with Gasteiger partial charge in [-0.2, -0.15) is 0 Å². The summed E-state index contributed by atoms with van der Waals surface area (Å²) in [6, 6.07) is 67.4. The standard InChI is InChI=1S/C54H42N2/c1-53(2)47-19-11-8-16-41(47)46-32-36(24-31-48(46)53)35-22-25-38(26-23-35)55(37-14-6-5-7-15-37)39-27-29-42-43-30-28-40(34-50(43)54(3,4)49(42)33-39)56-51-20-12-9-17-44(51)45-18-10-13-21-52(45)56/h5-34H,1-4H3. The molecular formula is C54H42N2. The quantitative estimate of drug-likeness (QED) is 0.172. The predicted molar refractivity (Wildman–Crippen MR) is 236 cm³/mol. The first kappa shape index (κ1) is 32.8. The van der Waals surface area contributed by atoms with Crippen LogP contribution >= 0.6 is 0 Å². The van der Waals surface area contributed by atoms with Crippen molar-refractivity contribution in [1.82, 2.24) is 4.57 Å². The van der Waals surface area contributed by atoms with Gasteiger partial charge in [0.15, 0.2) is 0 Å². The molecule has 2 aliphatic carbocycles.